The molecule has 3 aromatic rings. The first-order chi connectivity index (χ1) is 20.9. The van der Waals surface area contributed by atoms with Crippen molar-refractivity contribution in [2.45, 2.75) is 83.3 Å². The Labute approximate surface area is 260 Å². The topological polar surface area (TPSA) is 129 Å². The van der Waals surface area contributed by atoms with E-state index in [2.05, 4.69) is 10.6 Å². The van der Waals surface area contributed by atoms with E-state index in [9.17, 15) is 23.2 Å². The van der Waals surface area contributed by atoms with E-state index in [0.29, 0.717) is 24.8 Å². The molecule has 0 aliphatic carbocycles. The third-order valence-corrected chi connectivity index (χ3v) is 7.42. The van der Waals surface area contributed by atoms with E-state index in [4.69, 9.17) is 19.9 Å². The average molecular weight is 632 g/mol. The maximum absolute atomic E-state index is 13.7. The summed E-state index contributed by atoms with van der Waals surface area (Å²) >= 11 is 1.40. The molecule has 3 atom stereocenters. The number of hydrogen-bond donors (Lipinski definition) is 3. The lowest BCUT2D eigenvalue weighted by molar-refractivity contribution is -0.124. The molecule has 2 unspecified atom stereocenters. The summed E-state index contributed by atoms with van der Waals surface area (Å²) < 4.78 is 41.5. The number of hydrogen-bond acceptors (Lipinski definition) is 7. The Morgan fingerprint density at radius 2 is 1.61 bits per heavy atom. The number of carbonyl (C=O) groups excluding carboxylic acids is 3. The van der Waals surface area contributed by atoms with Crippen molar-refractivity contribution < 1.29 is 37.4 Å². The van der Waals surface area contributed by atoms with E-state index < -0.39 is 48.5 Å². The van der Waals surface area contributed by atoms with Crippen LogP contribution >= 0.6 is 11.3 Å². The molecule has 12 heteroatoms. The quantitative estimate of drug-likeness (QED) is 0.175. The molecule has 1 heterocycles. The predicted molar refractivity (Wildman–Crippen MR) is 164 cm³/mol. The second-order valence-corrected chi connectivity index (χ2v) is 12.1. The summed E-state index contributed by atoms with van der Waals surface area (Å²) in [6, 6.07) is 17.9. The van der Waals surface area contributed by atoms with Crippen molar-refractivity contribution in [2.24, 2.45) is 5.73 Å². The summed E-state index contributed by atoms with van der Waals surface area (Å²) in [6.45, 7) is 2.13. The molecule has 0 radical (unpaired) electrons. The van der Waals surface area contributed by atoms with Gasteiger partial charge in [0.25, 0.3) is 0 Å². The number of nitrogens with one attached hydrogen (secondary N) is 2. The highest BCUT2D eigenvalue weighted by atomic mass is 32.1. The van der Waals surface area contributed by atoms with E-state index in [-0.39, 0.29) is 18.6 Å². The van der Waals surface area contributed by atoms with Crippen LogP contribution < -0.4 is 21.1 Å². The van der Waals surface area contributed by atoms with Gasteiger partial charge >= 0.3 is 18.8 Å². The van der Waals surface area contributed by atoms with Crippen LogP contribution in [0.25, 0.3) is 0 Å². The molecule has 2 aromatic carbocycles. The number of halogens is 2. The Bertz CT molecular complexity index is 1340. The normalized spacial score (nSPS) is 13.4. The SMILES string of the molecule is CC(C)(C)OC(=O)N[C@@H](CCCC(Cc1ccccc1)OC(N)=O)C(=O)NC(Cc1ccccc1OC(F)F)c1cccs1. The summed E-state index contributed by atoms with van der Waals surface area (Å²) in [5, 5.41) is 7.49. The van der Waals surface area contributed by atoms with Gasteiger partial charge in [-0.05, 0) is 68.7 Å². The lowest BCUT2D eigenvalue weighted by Gasteiger charge is -2.26. The minimum absolute atomic E-state index is 0.0145. The fourth-order valence-electron chi connectivity index (χ4n) is 4.60. The summed E-state index contributed by atoms with van der Waals surface area (Å²) in [6.07, 6.45) is -0.637. The van der Waals surface area contributed by atoms with E-state index in [1.807, 2.05) is 47.8 Å². The number of rotatable bonds is 15. The molecule has 0 spiro atoms. The summed E-state index contributed by atoms with van der Waals surface area (Å²) in [4.78, 5) is 38.8. The van der Waals surface area contributed by atoms with Crippen LogP contribution in [0.2, 0.25) is 0 Å². The monoisotopic (exact) mass is 631 g/mol. The van der Waals surface area contributed by atoms with Crippen LogP contribution in [0, 0.1) is 0 Å². The Morgan fingerprint density at radius 3 is 2.25 bits per heavy atom. The van der Waals surface area contributed by atoms with Gasteiger partial charge in [-0.1, -0.05) is 54.6 Å². The highest BCUT2D eigenvalue weighted by Gasteiger charge is 2.28. The van der Waals surface area contributed by atoms with Crippen molar-refractivity contribution in [2.75, 3.05) is 0 Å². The third kappa shape index (κ3) is 12.2. The highest BCUT2D eigenvalue weighted by Crippen LogP contribution is 2.29. The fourth-order valence-corrected chi connectivity index (χ4v) is 5.38. The summed E-state index contributed by atoms with van der Waals surface area (Å²) in [7, 11) is 0. The molecule has 0 fully saturated rings. The molecule has 1 aromatic heterocycles. The fraction of sp³-hybridized carbons (Fsp3) is 0.406. The predicted octanol–water partition coefficient (Wildman–Crippen LogP) is 6.52. The molecule has 4 N–H and O–H groups in total. The molecular weight excluding hydrogens is 592 g/mol. The second-order valence-electron chi connectivity index (χ2n) is 11.1. The average Bonchev–Trinajstić information content (AvgIpc) is 3.47. The van der Waals surface area contributed by atoms with Gasteiger partial charge in [0.05, 0.1) is 6.04 Å². The number of primary amides is 1. The first-order valence-corrected chi connectivity index (χ1v) is 15.1. The van der Waals surface area contributed by atoms with E-state index in [0.717, 1.165) is 10.4 Å². The number of carbonyl (C=O) groups is 3. The summed E-state index contributed by atoms with van der Waals surface area (Å²) in [5.41, 5.74) is 5.94. The molecule has 0 bridgehead atoms. The van der Waals surface area contributed by atoms with E-state index >= 15 is 0 Å². The van der Waals surface area contributed by atoms with Crippen molar-refractivity contribution >= 4 is 29.4 Å². The zero-order valence-corrected chi connectivity index (χ0v) is 25.8. The molecule has 0 aliphatic rings. The highest BCUT2D eigenvalue weighted by molar-refractivity contribution is 7.10. The van der Waals surface area contributed by atoms with Gasteiger partial charge in [-0.15, -0.1) is 11.3 Å². The van der Waals surface area contributed by atoms with Crippen LogP contribution in [0.15, 0.2) is 72.1 Å². The minimum Gasteiger partial charge on any atom is -0.446 e. The zero-order chi connectivity index (χ0) is 32.1. The van der Waals surface area contributed by atoms with Crippen molar-refractivity contribution in [1.29, 1.82) is 0 Å². The maximum atomic E-state index is 13.7. The smallest absolute Gasteiger partial charge is 0.408 e. The number of nitrogens with two attached hydrogens (primary N) is 1. The largest absolute Gasteiger partial charge is 0.446 e. The standard InChI is InChI=1S/C32H39F2N3O6S/c1-32(2,3)43-31(40)37-24(15-9-14-23(41-30(35)39)19-21-11-5-4-6-12-21)28(38)36-25(27-17-10-18-44-27)20-22-13-7-8-16-26(22)42-29(33)34/h4-8,10-13,16-18,23-25,29H,9,14-15,19-20H2,1-3H3,(H2,35,39)(H,36,38)(H,37,40)/t23?,24-,25?/m0/s1. The van der Waals surface area contributed by atoms with Gasteiger partial charge in [0.15, 0.2) is 0 Å². The van der Waals surface area contributed by atoms with E-state index in [1.165, 1.54) is 17.4 Å². The van der Waals surface area contributed by atoms with Crippen LogP contribution in [0.5, 0.6) is 5.75 Å². The van der Waals surface area contributed by atoms with Crippen molar-refractivity contribution in [3.63, 3.8) is 0 Å². The molecule has 44 heavy (non-hydrogen) atoms. The Balaban J connectivity index is 1.77. The van der Waals surface area contributed by atoms with Gasteiger partial charge in [0, 0.05) is 17.7 Å². The lowest BCUT2D eigenvalue weighted by Crippen LogP contribution is -2.49. The molecule has 3 amide bonds. The number of thiophene rings is 1. The number of alkyl halides is 2. The molecule has 0 aliphatic heterocycles. The minimum atomic E-state index is -3.00. The number of benzene rings is 2. The van der Waals surface area contributed by atoms with Gasteiger partial charge in [0.2, 0.25) is 5.91 Å². The second kappa shape index (κ2) is 16.6. The Hall–Kier alpha value is -4.19. The van der Waals surface area contributed by atoms with Gasteiger partial charge in [0.1, 0.15) is 23.5 Å². The van der Waals surface area contributed by atoms with Crippen molar-refractivity contribution in [1.82, 2.24) is 10.6 Å². The van der Waals surface area contributed by atoms with Crippen LogP contribution in [0.4, 0.5) is 18.4 Å². The van der Waals surface area contributed by atoms with Crippen molar-refractivity contribution in [3.8, 4) is 5.75 Å². The van der Waals surface area contributed by atoms with Gasteiger partial charge in [-0.2, -0.15) is 8.78 Å². The molecule has 9 nitrogen and oxygen atoms in total. The van der Waals surface area contributed by atoms with E-state index in [1.54, 1.807) is 39.0 Å². The molecular formula is C32H39F2N3O6S. The number of amides is 3. The Morgan fingerprint density at radius 1 is 0.909 bits per heavy atom. The van der Waals surface area contributed by atoms with Crippen molar-refractivity contribution in [3.05, 3.63) is 88.1 Å². The van der Waals surface area contributed by atoms with Gasteiger partial charge in [-0.3, -0.25) is 4.79 Å². The summed E-state index contributed by atoms with van der Waals surface area (Å²) in [5.74, 6) is -0.474. The van der Waals surface area contributed by atoms with Crippen LogP contribution in [0.3, 0.4) is 0 Å². The first kappa shape index (κ1) is 34.3. The number of ether oxygens (including phenoxy) is 3. The lowest BCUT2D eigenvalue weighted by atomic mass is 10.00. The van der Waals surface area contributed by atoms with Gasteiger partial charge in [-0.25, -0.2) is 9.59 Å². The maximum Gasteiger partial charge on any atom is 0.408 e. The first-order valence-electron chi connectivity index (χ1n) is 14.3. The molecule has 238 valence electrons. The number of alkyl carbamates (subject to hydrolysis) is 1. The molecule has 3 rings (SSSR count). The van der Waals surface area contributed by atoms with Crippen LogP contribution in [0.1, 0.15) is 62.1 Å². The zero-order valence-electron chi connectivity index (χ0n) is 25.0. The van der Waals surface area contributed by atoms with Crippen LogP contribution in [-0.2, 0) is 27.1 Å². The molecule has 0 saturated heterocycles. The molecule has 0 saturated carbocycles. The Kier molecular flexibility index (Phi) is 12.9. The van der Waals surface area contributed by atoms with Crippen LogP contribution in [-0.4, -0.2) is 42.5 Å². The number of para-hydroxylation sites is 1. The third-order valence-electron chi connectivity index (χ3n) is 6.43. The van der Waals surface area contributed by atoms with Gasteiger partial charge < -0.3 is 30.6 Å².